The largest absolute Gasteiger partial charge is 0.435 e. The van der Waals surface area contributed by atoms with Crippen molar-refractivity contribution in [3.05, 3.63) is 92.7 Å². The van der Waals surface area contributed by atoms with Crippen molar-refractivity contribution in [1.82, 2.24) is 0 Å². The van der Waals surface area contributed by atoms with E-state index in [-0.39, 0.29) is 18.5 Å². The second-order valence-corrected chi connectivity index (χ2v) is 10.9. The summed E-state index contributed by atoms with van der Waals surface area (Å²) >= 11 is 2.33. The number of amides is 2. The topological polar surface area (TPSA) is 49.4 Å². The van der Waals surface area contributed by atoms with Crippen molar-refractivity contribution in [2.45, 2.75) is 37.0 Å². The van der Waals surface area contributed by atoms with E-state index in [1.54, 1.807) is 5.32 Å². The number of anilines is 2. The van der Waals surface area contributed by atoms with Gasteiger partial charge in [0.15, 0.2) is 5.82 Å². The second kappa shape index (κ2) is 12.1. The van der Waals surface area contributed by atoms with E-state index in [0.29, 0.717) is 23.8 Å². The maximum absolute atomic E-state index is 15.8. The van der Waals surface area contributed by atoms with Crippen LogP contribution in [0, 0.1) is 23.4 Å². The van der Waals surface area contributed by atoms with Crippen LogP contribution in [0.4, 0.5) is 68.5 Å². The Hall–Kier alpha value is -3.83. The molecule has 4 rings (SSSR count). The molecule has 1 aliphatic rings. The third kappa shape index (κ3) is 6.53. The highest BCUT2D eigenvalue weighted by atomic mass is 79.9. The van der Waals surface area contributed by atoms with Crippen LogP contribution in [0.3, 0.4) is 0 Å². The van der Waals surface area contributed by atoms with E-state index in [1.807, 2.05) is 0 Å². The summed E-state index contributed by atoms with van der Waals surface area (Å²) < 4.78 is 179. The number of rotatable bonds is 7. The Balaban J connectivity index is 1.79. The molecular weight excluding hydrogens is 723 g/mol. The van der Waals surface area contributed by atoms with Crippen LogP contribution in [0.1, 0.15) is 44.7 Å². The van der Waals surface area contributed by atoms with Crippen LogP contribution in [0.5, 0.6) is 0 Å². The predicted molar refractivity (Wildman–Crippen MR) is 139 cm³/mol. The van der Waals surface area contributed by atoms with Gasteiger partial charge in [0, 0.05) is 16.6 Å². The minimum absolute atomic E-state index is 0.240. The fourth-order valence-electron chi connectivity index (χ4n) is 4.42. The SMILES string of the molecule is O=C(Nc1c(Br)cc(C(F)(C(F)(F)F)C(F)(F)F)cc1C(F)(F)F)c1cccc(N(CC2CC2)C(=O)c2c(F)cccc2F)c1F. The molecule has 18 heteroatoms. The van der Waals surface area contributed by atoms with Crippen molar-refractivity contribution in [2.75, 3.05) is 16.8 Å². The molecule has 0 spiro atoms. The van der Waals surface area contributed by atoms with Gasteiger partial charge in [-0.2, -0.15) is 39.5 Å². The Kier molecular flexibility index (Phi) is 9.20. The number of carbonyl (C=O) groups is 2. The lowest BCUT2D eigenvalue weighted by atomic mass is 9.92. The van der Waals surface area contributed by atoms with Crippen molar-refractivity contribution in [1.29, 1.82) is 0 Å². The first-order chi connectivity index (χ1) is 21.1. The molecule has 0 radical (unpaired) electrons. The van der Waals surface area contributed by atoms with Crippen molar-refractivity contribution in [3.8, 4) is 0 Å². The van der Waals surface area contributed by atoms with Crippen LogP contribution in [0.2, 0.25) is 0 Å². The maximum atomic E-state index is 15.8. The van der Waals surface area contributed by atoms with Crippen LogP contribution in [-0.2, 0) is 11.8 Å². The monoisotopic (exact) mass is 738 g/mol. The Morgan fingerprint density at radius 3 is 1.87 bits per heavy atom. The summed E-state index contributed by atoms with van der Waals surface area (Å²) in [5, 5.41) is 1.54. The lowest BCUT2D eigenvalue weighted by molar-refractivity contribution is -0.348. The van der Waals surface area contributed by atoms with Gasteiger partial charge in [0.05, 0.1) is 22.5 Å². The zero-order valence-electron chi connectivity index (χ0n) is 22.4. The number of hydrogen-bond donors (Lipinski definition) is 1. The molecule has 0 heterocycles. The zero-order chi connectivity index (χ0) is 34.6. The van der Waals surface area contributed by atoms with Gasteiger partial charge in [-0.15, -0.1) is 0 Å². The minimum Gasteiger partial charge on any atom is -0.320 e. The van der Waals surface area contributed by atoms with Gasteiger partial charge in [-0.05, 0) is 71.1 Å². The van der Waals surface area contributed by atoms with Crippen molar-refractivity contribution >= 4 is 39.1 Å². The molecule has 0 atom stereocenters. The first-order valence-corrected chi connectivity index (χ1v) is 13.5. The quantitative estimate of drug-likeness (QED) is 0.246. The summed E-state index contributed by atoms with van der Waals surface area (Å²) in [6, 6.07) is 3.96. The number of carbonyl (C=O) groups excluding carboxylic acids is 2. The van der Waals surface area contributed by atoms with E-state index < -0.39 is 97.6 Å². The number of benzene rings is 3. The lowest BCUT2D eigenvalue weighted by Crippen LogP contribution is -2.50. The lowest BCUT2D eigenvalue weighted by Gasteiger charge is -2.31. The number of alkyl halides is 10. The summed E-state index contributed by atoms with van der Waals surface area (Å²) in [5.74, 6) is -7.53. The third-order valence-corrected chi connectivity index (χ3v) is 7.51. The van der Waals surface area contributed by atoms with Gasteiger partial charge in [0.25, 0.3) is 11.8 Å². The molecule has 0 unspecified atom stereocenters. The molecule has 0 aromatic heterocycles. The van der Waals surface area contributed by atoms with Gasteiger partial charge in [0.2, 0.25) is 0 Å². The first kappa shape index (κ1) is 35.0. The van der Waals surface area contributed by atoms with Crippen molar-refractivity contribution in [2.24, 2.45) is 5.92 Å². The van der Waals surface area contributed by atoms with E-state index in [4.69, 9.17) is 0 Å². The molecule has 1 saturated carbocycles. The molecule has 1 fully saturated rings. The van der Waals surface area contributed by atoms with E-state index in [1.165, 1.54) is 0 Å². The Labute approximate surface area is 258 Å². The molecule has 2 amide bonds. The van der Waals surface area contributed by atoms with Gasteiger partial charge in [-0.25, -0.2) is 17.6 Å². The molecule has 46 heavy (non-hydrogen) atoms. The van der Waals surface area contributed by atoms with E-state index in [0.717, 1.165) is 30.3 Å². The number of nitrogens with one attached hydrogen (secondary N) is 1. The number of halogens is 14. The average molecular weight is 739 g/mol. The van der Waals surface area contributed by atoms with Gasteiger partial charge in [-0.1, -0.05) is 12.1 Å². The normalized spacial score (nSPS) is 14.3. The number of nitrogens with zero attached hydrogens (tertiary/aromatic N) is 1. The maximum Gasteiger partial charge on any atom is 0.435 e. The second-order valence-electron chi connectivity index (χ2n) is 10.1. The van der Waals surface area contributed by atoms with Crippen LogP contribution in [0.25, 0.3) is 0 Å². The van der Waals surface area contributed by atoms with E-state index >= 15 is 4.39 Å². The fourth-order valence-corrected chi connectivity index (χ4v) is 4.97. The number of hydrogen-bond acceptors (Lipinski definition) is 2. The van der Waals surface area contributed by atoms with Gasteiger partial charge < -0.3 is 10.2 Å². The smallest absolute Gasteiger partial charge is 0.320 e. The van der Waals surface area contributed by atoms with E-state index in [2.05, 4.69) is 15.9 Å². The van der Waals surface area contributed by atoms with Gasteiger partial charge >= 0.3 is 24.2 Å². The van der Waals surface area contributed by atoms with E-state index in [9.17, 15) is 62.3 Å². The molecule has 1 aliphatic carbocycles. The molecular formula is C28H16BrF13N2O2. The van der Waals surface area contributed by atoms with Crippen LogP contribution in [-0.4, -0.2) is 30.7 Å². The van der Waals surface area contributed by atoms with Crippen LogP contribution in [0.15, 0.2) is 53.0 Å². The molecule has 0 saturated heterocycles. The summed E-state index contributed by atoms with van der Waals surface area (Å²) in [7, 11) is 0. The molecule has 248 valence electrons. The van der Waals surface area contributed by atoms with Crippen molar-refractivity contribution in [3.63, 3.8) is 0 Å². The highest BCUT2D eigenvalue weighted by Crippen LogP contribution is 2.55. The molecule has 1 N–H and O–H groups in total. The minimum atomic E-state index is -6.77. The summed E-state index contributed by atoms with van der Waals surface area (Å²) in [5.41, 5.74) is -15.5. The Bertz CT molecular complexity index is 1650. The molecule has 3 aromatic rings. The van der Waals surface area contributed by atoms with Gasteiger partial charge in [-0.3, -0.25) is 9.59 Å². The summed E-state index contributed by atoms with van der Waals surface area (Å²) in [6.45, 7) is -0.288. The Morgan fingerprint density at radius 2 is 1.37 bits per heavy atom. The highest BCUT2D eigenvalue weighted by Gasteiger charge is 2.73. The van der Waals surface area contributed by atoms with Crippen LogP contribution >= 0.6 is 15.9 Å². The third-order valence-electron chi connectivity index (χ3n) is 6.89. The first-order valence-electron chi connectivity index (χ1n) is 12.7. The molecule has 0 aliphatic heterocycles. The molecule has 4 nitrogen and oxygen atoms in total. The predicted octanol–water partition coefficient (Wildman–Crippen LogP) is 9.48. The zero-order valence-corrected chi connectivity index (χ0v) is 24.0. The van der Waals surface area contributed by atoms with Crippen LogP contribution < -0.4 is 10.2 Å². The highest BCUT2D eigenvalue weighted by molar-refractivity contribution is 9.10. The molecule has 0 bridgehead atoms. The molecule has 3 aromatic carbocycles. The summed E-state index contributed by atoms with van der Waals surface area (Å²) in [4.78, 5) is 26.8. The summed E-state index contributed by atoms with van der Waals surface area (Å²) in [6.07, 6.45) is -18.2. The average Bonchev–Trinajstić information content (AvgIpc) is 3.74. The Morgan fingerprint density at radius 1 is 0.826 bits per heavy atom. The van der Waals surface area contributed by atoms with Gasteiger partial charge in [0.1, 0.15) is 17.2 Å². The standard InChI is InChI=1S/C28H16BrF13N2O2/c29-16-10-13(25(33,27(37,38)39)28(40,41)42)9-15(26(34,35)36)22(16)43-23(45)14-3-1-6-19(21(14)32)44(11-12-7-8-12)24(46)20-17(30)4-2-5-18(20)31/h1-6,9-10,12H,7-8,11H2,(H,43,45). The fraction of sp³-hybridized carbons (Fsp3) is 0.286. The van der Waals surface area contributed by atoms with Crippen molar-refractivity contribution < 1.29 is 66.7 Å².